The quantitative estimate of drug-likeness (QED) is 0.900. The molecule has 1 unspecified atom stereocenters. The Hall–Kier alpha value is -1.95. The first kappa shape index (κ1) is 16.9. The molecule has 2 fully saturated rings. The van der Waals surface area contributed by atoms with E-state index in [9.17, 15) is 9.59 Å². The molecule has 2 aliphatic rings. The van der Waals surface area contributed by atoms with Gasteiger partial charge in [0, 0.05) is 37.3 Å². The number of nitrogens with one attached hydrogen (secondary N) is 1. The SMILES string of the molecule is Cc1cccnc1C(=O)N1CC2(CC(C(=O)NC(C)C)N(C)C2)C1. The summed E-state index contributed by atoms with van der Waals surface area (Å²) in [6.07, 6.45) is 2.47. The topological polar surface area (TPSA) is 65.5 Å². The molecule has 2 aliphatic heterocycles. The van der Waals surface area contributed by atoms with Crippen LogP contribution in [0.4, 0.5) is 0 Å². The molecule has 1 aromatic heterocycles. The molecule has 24 heavy (non-hydrogen) atoms. The molecule has 1 atom stereocenters. The molecular formula is C18H26N4O2. The van der Waals surface area contributed by atoms with Crippen molar-refractivity contribution >= 4 is 11.8 Å². The predicted molar refractivity (Wildman–Crippen MR) is 91.6 cm³/mol. The van der Waals surface area contributed by atoms with Gasteiger partial charge in [0.25, 0.3) is 5.91 Å². The molecule has 6 nitrogen and oxygen atoms in total. The average Bonchev–Trinajstić information content (AvgIpc) is 2.83. The number of carbonyl (C=O) groups is 2. The van der Waals surface area contributed by atoms with Gasteiger partial charge in [-0.15, -0.1) is 0 Å². The van der Waals surface area contributed by atoms with Gasteiger partial charge in [0.15, 0.2) is 0 Å². The number of aromatic nitrogens is 1. The fraction of sp³-hybridized carbons (Fsp3) is 0.611. The summed E-state index contributed by atoms with van der Waals surface area (Å²) in [5, 5.41) is 3.00. The first-order valence-electron chi connectivity index (χ1n) is 8.53. The number of rotatable bonds is 3. The van der Waals surface area contributed by atoms with Gasteiger partial charge in [0.1, 0.15) is 5.69 Å². The Morgan fingerprint density at radius 2 is 2.04 bits per heavy atom. The molecule has 0 aliphatic carbocycles. The maximum Gasteiger partial charge on any atom is 0.272 e. The second-order valence-corrected chi connectivity index (χ2v) is 7.63. The zero-order chi connectivity index (χ0) is 17.5. The number of pyridine rings is 1. The summed E-state index contributed by atoms with van der Waals surface area (Å²) in [7, 11) is 1.99. The molecule has 3 heterocycles. The number of aryl methyl sites for hydroxylation is 1. The van der Waals surface area contributed by atoms with Crippen LogP contribution in [0.3, 0.4) is 0 Å². The zero-order valence-electron chi connectivity index (χ0n) is 14.9. The Bertz CT molecular complexity index is 652. The minimum atomic E-state index is -0.0961. The number of carbonyl (C=O) groups excluding carboxylic acids is 2. The molecule has 3 rings (SSSR count). The predicted octanol–water partition coefficient (Wildman–Crippen LogP) is 1.06. The number of hydrogen-bond donors (Lipinski definition) is 1. The third kappa shape index (κ3) is 3.02. The molecule has 0 bridgehead atoms. The highest BCUT2D eigenvalue weighted by Gasteiger charge is 2.53. The summed E-state index contributed by atoms with van der Waals surface area (Å²) < 4.78 is 0. The van der Waals surface area contributed by atoms with Crippen LogP contribution < -0.4 is 5.32 Å². The van der Waals surface area contributed by atoms with E-state index in [1.165, 1.54) is 0 Å². The summed E-state index contributed by atoms with van der Waals surface area (Å²) in [4.78, 5) is 33.1. The minimum Gasteiger partial charge on any atom is -0.353 e. The van der Waals surface area contributed by atoms with E-state index in [0.29, 0.717) is 18.8 Å². The first-order valence-corrected chi connectivity index (χ1v) is 8.53. The van der Waals surface area contributed by atoms with E-state index in [1.54, 1.807) is 6.20 Å². The van der Waals surface area contributed by atoms with Crippen molar-refractivity contribution in [2.45, 2.75) is 39.3 Å². The van der Waals surface area contributed by atoms with Gasteiger partial charge < -0.3 is 10.2 Å². The number of likely N-dealkylation sites (tertiary alicyclic amines) is 2. The fourth-order valence-electron chi connectivity index (χ4n) is 3.94. The maximum absolute atomic E-state index is 12.6. The largest absolute Gasteiger partial charge is 0.353 e. The summed E-state index contributed by atoms with van der Waals surface area (Å²) >= 11 is 0. The second kappa shape index (κ2) is 6.16. The van der Waals surface area contributed by atoms with E-state index in [0.717, 1.165) is 18.5 Å². The van der Waals surface area contributed by atoms with Crippen molar-refractivity contribution in [3.8, 4) is 0 Å². The molecule has 0 radical (unpaired) electrons. The Morgan fingerprint density at radius 1 is 1.33 bits per heavy atom. The van der Waals surface area contributed by atoms with Crippen LogP contribution >= 0.6 is 0 Å². The lowest BCUT2D eigenvalue weighted by Gasteiger charge is -2.48. The van der Waals surface area contributed by atoms with E-state index >= 15 is 0 Å². The monoisotopic (exact) mass is 330 g/mol. The Kier molecular flexibility index (Phi) is 4.34. The number of nitrogens with zero attached hydrogens (tertiary/aromatic N) is 3. The fourth-order valence-corrected chi connectivity index (χ4v) is 3.94. The smallest absolute Gasteiger partial charge is 0.272 e. The van der Waals surface area contributed by atoms with Gasteiger partial charge in [-0.2, -0.15) is 0 Å². The van der Waals surface area contributed by atoms with Crippen molar-refractivity contribution in [2.75, 3.05) is 26.7 Å². The van der Waals surface area contributed by atoms with Gasteiger partial charge in [-0.3, -0.25) is 19.5 Å². The maximum atomic E-state index is 12.6. The molecular weight excluding hydrogens is 304 g/mol. The van der Waals surface area contributed by atoms with E-state index in [2.05, 4.69) is 15.2 Å². The summed E-state index contributed by atoms with van der Waals surface area (Å²) in [6, 6.07) is 3.80. The molecule has 1 aromatic rings. The van der Waals surface area contributed by atoms with E-state index in [-0.39, 0.29) is 29.3 Å². The van der Waals surface area contributed by atoms with Crippen LogP contribution in [0.25, 0.3) is 0 Å². The standard InChI is InChI=1S/C18H26N4O2/c1-12(2)20-16(23)14-8-18(9-21(14)4)10-22(11-18)17(24)15-13(3)6-5-7-19-15/h5-7,12,14H,8-11H2,1-4H3,(H,20,23). The van der Waals surface area contributed by atoms with Crippen LogP contribution in [0.15, 0.2) is 18.3 Å². The van der Waals surface area contributed by atoms with Crippen LogP contribution in [0.5, 0.6) is 0 Å². The molecule has 1 spiro atoms. The highest BCUT2D eigenvalue weighted by atomic mass is 16.2. The van der Waals surface area contributed by atoms with Gasteiger partial charge in [-0.05, 0) is 45.9 Å². The van der Waals surface area contributed by atoms with Crippen LogP contribution in [-0.4, -0.2) is 65.4 Å². The Labute approximate surface area is 143 Å². The van der Waals surface area contributed by atoms with Crippen LogP contribution in [-0.2, 0) is 4.79 Å². The number of likely N-dealkylation sites (N-methyl/N-ethyl adjacent to an activating group) is 1. The van der Waals surface area contributed by atoms with E-state index in [4.69, 9.17) is 0 Å². The van der Waals surface area contributed by atoms with Gasteiger partial charge in [-0.1, -0.05) is 6.07 Å². The summed E-state index contributed by atoms with van der Waals surface area (Å²) in [5.41, 5.74) is 1.49. The minimum absolute atomic E-state index is 0.00328. The lowest BCUT2D eigenvalue weighted by Crippen LogP contribution is -2.59. The third-order valence-corrected chi connectivity index (χ3v) is 5.03. The van der Waals surface area contributed by atoms with Crippen molar-refractivity contribution in [3.05, 3.63) is 29.6 Å². The summed E-state index contributed by atoms with van der Waals surface area (Å²) in [6.45, 7) is 8.12. The van der Waals surface area contributed by atoms with Crippen molar-refractivity contribution in [1.29, 1.82) is 0 Å². The molecule has 2 saturated heterocycles. The van der Waals surface area contributed by atoms with Crippen LogP contribution in [0, 0.1) is 12.3 Å². The highest BCUT2D eigenvalue weighted by molar-refractivity contribution is 5.94. The van der Waals surface area contributed by atoms with Gasteiger partial charge in [0.2, 0.25) is 5.91 Å². The van der Waals surface area contributed by atoms with Crippen molar-refractivity contribution < 1.29 is 9.59 Å². The van der Waals surface area contributed by atoms with Crippen LogP contribution in [0.2, 0.25) is 0 Å². The second-order valence-electron chi connectivity index (χ2n) is 7.63. The van der Waals surface area contributed by atoms with E-state index < -0.39 is 0 Å². The molecule has 130 valence electrons. The molecule has 2 amide bonds. The van der Waals surface area contributed by atoms with Gasteiger partial charge in [-0.25, -0.2) is 0 Å². The molecule has 0 aromatic carbocycles. The lowest BCUT2D eigenvalue weighted by atomic mass is 9.77. The lowest BCUT2D eigenvalue weighted by molar-refractivity contribution is -0.125. The molecule has 0 saturated carbocycles. The average molecular weight is 330 g/mol. The first-order chi connectivity index (χ1) is 11.3. The molecule has 1 N–H and O–H groups in total. The Balaban J connectivity index is 1.63. The van der Waals surface area contributed by atoms with Crippen LogP contribution in [0.1, 0.15) is 36.3 Å². The zero-order valence-corrected chi connectivity index (χ0v) is 14.9. The highest BCUT2D eigenvalue weighted by Crippen LogP contribution is 2.42. The summed E-state index contributed by atoms with van der Waals surface area (Å²) in [5.74, 6) is 0.0891. The third-order valence-electron chi connectivity index (χ3n) is 5.03. The molecule has 6 heteroatoms. The van der Waals surface area contributed by atoms with Gasteiger partial charge >= 0.3 is 0 Å². The Morgan fingerprint density at radius 3 is 2.67 bits per heavy atom. The number of hydrogen-bond acceptors (Lipinski definition) is 4. The van der Waals surface area contributed by atoms with Crippen molar-refractivity contribution in [2.24, 2.45) is 5.41 Å². The van der Waals surface area contributed by atoms with Gasteiger partial charge in [0.05, 0.1) is 6.04 Å². The van der Waals surface area contributed by atoms with E-state index in [1.807, 2.05) is 44.9 Å². The van der Waals surface area contributed by atoms with Crippen molar-refractivity contribution in [3.63, 3.8) is 0 Å². The van der Waals surface area contributed by atoms with Crippen molar-refractivity contribution in [1.82, 2.24) is 20.1 Å². The number of amides is 2. The normalized spacial score (nSPS) is 22.7.